The Bertz CT molecular complexity index is 530. The minimum atomic E-state index is 0.0187. The lowest BCUT2D eigenvalue weighted by Gasteiger charge is -2.13. The zero-order valence-corrected chi connectivity index (χ0v) is 11.0. The zero-order valence-electron chi connectivity index (χ0n) is 11.0. The van der Waals surface area contributed by atoms with Crippen LogP contribution < -0.4 is 15.8 Å². The molecular formula is C13H17N5O. The molecule has 0 aromatic carbocycles. The van der Waals surface area contributed by atoms with Crippen molar-refractivity contribution in [2.75, 3.05) is 11.1 Å². The van der Waals surface area contributed by atoms with Gasteiger partial charge in [-0.05, 0) is 31.5 Å². The monoisotopic (exact) mass is 259 g/mol. The molecule has 0 aliphatic heterocycles. The van der Waals surface area contributed by atoms with Gasteiger partial charge in [-0.1, -0.05) is 0 Å². The van der Waals surface area contributed by atoms with Crippen LogP contribution in [0.5, 0.6) is 5.88 Å². The van der Waals surface area contributed by atoms with Crippen molar-refractivity contribution in [3.8, 4) is 5.88 Å². The minimum absolute atomic E-state index is 0.0187. The molecule has 0 aliphatic carbocycles. The molecule has 0 fully saturated rings. The molecule has 0 unspecified atom stereocenters. The lowest BCUT2D eigenvalue weighted by molar-refractivity contribution is 0.234. The van der Waals surface area contributed by atoms with E-state index in [2.05, 4.69) is 20.3 Å². The number of aromatic nitrogens is 3. The van der Waals surface area contributed by atoms with Crippen molar-refractivity contribution >= 4 is 11.5 Å². The highest BCUT2D eigenvalue weighted by atomic mass is 16.5. The molecule has 6 heteroatoms. The van der Waals surface area contributed by atoms with E-state index in [9.17, 15) is 0 Å². The van der Waals surface area contributed by atoms with Gasteiger partial charge in [-0.3, -0.25) is 4.98 Å². The van der Waals surface area contributed by atoms with Crippen LogP contribution in [0, 0.1) is 0 Å². The van der Waals surface area contributed by atoms with Crippen LogP contribution in [0.3, 0.4) is 0 Å². The zero-order chi connectivity index (χ0) is 13.7. The summed E-state index contributed by atoms with van der Waals surface area (Å²) in [5.41, 5.74) is 7.49. The van der Waals surface area contributed by atoms with Crippen LogP contribution in [0.15, 0.2) is 30.9 Å². The van der Waals surface area contributed by atoms with E-state index in [4.69, 9.17) is 10.5 Å². The molecule has 100 valence electrons. The number of nitrogens with zero attached hydrogens (tertiary/aromatic N) is 3. The minimum Gasteiger partial charge on any atom is -0.473 e. The van der Waals surface area contributed by atoms with Crippen LogP contribution in [-0.4, -0.2) is 21.1 Å². The highest BCUT2D eigenvalue weighted by Crippen LogP contribution is 2.25. The molecule has 0 radical (unpaired) electrons. The summed E-state index contributed by atoms with van der Waals surface area (Å²) >= 11 is 0. The highest BCUT2D eigenvalue weighted by Gasteiger charge is 2.10. The molecule has 0 saturated carbocycles. The van der Waals surface area contributed by atoms with Crippen LogP contribution >= 0.6 is 0 Å². The summed E-state index contributed by atoms with van der Waals surface area (Å²) in [6.45, 7) is 4.46. The number of nitrogen functional groups attached to an aromatic ring is 1. The second-order valence-electron chi connectivity index (χ2n) is 4.32. The predicted octanol–water partition coefficient (Wildman–Crippen LogP) is 1.85. The predicted molar refractivity (Wildman–Crippen MR) is 73.8 cm³/mol. The van der Waals surface area contributed by atoms with Crippen molar-refractivity contribution < 1.29 is 4.74 Å². The number of hydrogen-bond acceptors (Lipinski definition) is 6. The van der Waals surface area contributed by atoms with Crippen LogP contribution in [0.2, 0.25) is 0 Å². The number of anilines is 2. The smallest absolute Gasteiger partial charge is 0.242 e. The van der Waals surface area contributed by atoms with Gasteiger partial charge in [-0.15, -0.1) is 0 Å². The fourth-order valence-electron chi connectivity index (χ4n) is 1.52. The largest absolute Gasteiger partial charge is 0.473 e. The SMILES string of the molecule is CC(C)Oc1ncnc(NCc2ccncc2)c1N. The van der Waals surface area contributed by atoms with Crippen LogP contribution in [0.1, 0.15) is 19.4 Å². The number of rotatable bonds is 5. The Morgan fingerprint density at radius 2 is 2.00 bits per heavy atom. The molecule has 3 N–H and O–H groups in total. The van der Waals surface area contributed by atoms with E-state index in [1.165, 1.54) is 6.33 Å². The van der Waals surface area contributed by atoms with Gasteiger partial charge >= 0.3 is 0 Å². The maximum atomic E-state index is 5.97. The maximum absolute atomic E-state index is 5.97. The van der Waals surface area contributed by atoms with Gasteiger partial charge in [0.05, 0.1) is 6.10 Å². The third-order valence-electron chi connectivity index (χ3n) is 2.40. The Labute approximate surface area is 112 Å². The molecule has 0 spiro atoms. The number of nitrogens with two attached hydrogens (primary N) is 1. The Balaban J connectivity index is 2.08. The Kier molecular flexibility index (Phi) is 4.12. The summed E-state index contributed by atoms with van der Waals surface area (Å²) in [7, 11) is 0. The topological polar surface area (TPSA) is 86.0 Å². The molecule has 0 atom stereocenters. The van der Waals surface area contributed by atoms with Crippen LogP contribution in [0.4, 0.5) is 11.5 Å². The van der Waals surface area contributed by atoms with Gasteiger partial charge < -0.3 is 15.8 Å². The van der Waals surface area contributed by atoms with Crippen LogP contribution in [0.25, 0.3) is 0 Å². The normalized spacial score (nSPS) is 10.5. The van der Waals surface area contributed by atoms with Gasteiger partial charge in [0.25, 0.3) is 0 Å². The summed E-state index contributed by atoms with van der Waals surface area (Å²) < 4.78 is 5.51. The molecule has 2 aromatic heterocycles. The Hall–Kier alpha value is -2.37. The summed E-state index contributed by atoms with van der Waals surface area (Å²) in [5.74, 6) is 0.977. The molecule has 2 rings (SSSR count). The number of hydrogen-bond donors (Lipinski definition) is 2. The first-order valence-electron chi connectivity index (χ1n) is 6.06. The van der Waals surface area contributed by atoms with Gasteiger partial charge in [0.15, 0.2) is 5.82 Å². The van der Waals surface area contributed by atoms with Crippen molar-refractivity contribution in [1.29, 1.82) is 0 Å². The average molecular weight is 259 g/mol. The van der Waals surface area contributed by atoms with Gasteiger partial charge in [0.2, 0.25) is 5.88 Å². The lowest BCUT2D eigenvalue weighted by atomic mass is 10.3. The Morgan fingerprint density at radius 3 is 2.68 bits per heavy atom. The van der Waals surface area contributed by atoms with Crippen LogP contribution in [-0.2, 0) is 6.54 Å². The first-order chi connectivity index (χ1) is 9.16. The van der Waals surface area contributed by atoms with E-state index in [-0.39, 0.29) is 6.10 Å². The maximum Gasteiger partial charge on any atom is 0.242 e. The van der Waals surface area contributed by atoms with E-state index >= 15 is 0 Å². The molecule has 6 nitrogen and oxygen atoms in total. The molecule has 0 bridgehead atoms. The number of nitrogens with one attached hydrogen (secondary N) is 1. The van der Waals surface area contributed by atoms with Crippen molar-refractivity contribution in [2.45, 2.75) is 26.5 Å². The van der Waals surface area contributed by atoms with E-state index in [1.807, 2.05) is 26.0 Å². The highest BCUT2D eigenvalue weighted by molar-refractivity contribution is 5.66. The van der Waals surface area contributed by atoms with E-state index in [1.54, 1.807) is 12.4 Å². The summed E-state index contributed by atoms with van der Waals surface area (Å²) in [6, 6.07) is 3.85. The van der Waals surface area contributed by atoms with E-state index in [0.29, 0.717) is 23.9 Å². The quantitative estimate of drug-likeness (QED) is 0.852. The Morgan fingerprint density at radius 1 is 1.26 bits per heavy atom. The molecule has 19 heavy (non-hydrogen) atoms. The molecule has 2 aromatic rings. The number of ether oxygens (including phenoxy) is 1. The second kappa shape index (κ2) is 5.99. The fourth-order valence-corrected chi connectivity index (χ4v) is 1.52. The summed E-state index contributed by atoms with van der Waals surface area (Å²) in [4.78, 5) is 12.1. The van der Waals surface area contributed by atoms with Gasteiger partial charge in [-0.25, -0.2) is 4.98 Å². The average Bonchev–Trinajstić information content (AvgIpc) is 2.40. The first kappa shape index (κ1) is 13.1. The molecule has 0 aliphatic rings. The summed E-state index contributed by atoms with van der Waals surface area (Å²) in [5, 5.41) is 3.16. The van der Waals surface area contributed by atoms with Crippen molar-refractivity contribution in [1.82, 2.24) is 15.0 Å². The number of pyridine rings is 1. The van der Waals surface area contributed by atoms with E-state index in [0.717, 1.165) is 5.56 Å². The third kappa shape index (κ3) is 3.54. The van der Waals surface area contributed by atoms with Gasteiger partial charge in [0.1, 0.15) is 12.0 Å². The van der Waals surface area contributed by atoms with Crippen molar-refractivity contribution in [3.05, 3.63) is 36.4 Å². The standard InChI is InChI=1S/C13H17N5O/c1-9(2)19-13-11(14)12(17-8-18-13)16-7-10-3-5-15-6-4-10/h3-6,8-9H,7,14H2,1-2H3,(H,16,17,18). The van der Waals surface area contributed by atoms with Gasteiger partial charge in [-0.2, -0.15) is 4.98 Å². The second-order valence-corrected chi connectivity index (χ2v) is 4.32. The third-order valence-corrected chi connectivity index (χ3v) is 2.40. The fraction of sp³-hybridized carbons (Fsp3) is 0.308. The molecule has 0 amide bonds. The van der Waals surface area contributed by atoms with Crippen molar-refractivity contribution in [3.63, 3.8) is 0 Å². The molecule has 2 heterocycles. The van der Waals surface area contributed by atoms with E-state index < -0.39 is 0 Å². The van der Waals surface area contributed by atoms with Gasteiger partial charge in [0, 0.05) is 18.9 Å². The van der Waals surface area contributed by atoms with Crippen molar-refractivity contribution in [2.24, 2.45) is 0 Å². The first-order valence-corrected chi connectivity index (χ1v) is 6.06. The molecule has 0 saturated heterocycles. The summed E-state index contributed by atoms with van der Waals surface area (Å²) in [6.07, 6.45) is 4.94. The molecular weight excluding hydrogens is 242 g/mol. The lowest BCUT2D eigenvalue weighted by Crippen LogP contribution is -2.12.